The number of nitrogens with one attached hydrogen (secondary N) is 2. The van der Waals surface area contributed by atoms with Crippen LogP contribution in [0.25, 0.3) is 0 Å². The van der Waals surface area contributed by atoms with Gasteiger partial charge in [-0.1, -0.05) is 34.1 Å². The topological polar surface area (TPSA) is 98.7 Å². The van der Waals surface area contributed by atoms with Gasteiger partial charge in [-0.2, -0.15) is 0 Å². The highest BCUT2D eigenvalue weighted by atomic mass is 16.4. The summed E-state index contributed by atoms with van der Waals surface area (Å²) in [6, 6.07) is -1.52. The lowest BCUT2D eigenvalue weighted by Crippen LogP contribution is -2.51. The molecule has 0 aromatic heterocycles. The molecule has 7 nitrogen and oxygen atoms in total. The van der Waals surface area contributed by atoms with Gasteiger partial charge in [0.1, 0.15) is 12.6 Å². The fraction of sp³-hybridized carbons (Fsp3) is 0.786. The second-order valence-electron chi connectivity index (χ2n) is 5.70. The third kappa shape index (κ3) is 7.53. The van der Waals surface area contributed by atoms with Crippen molar-refractivity contribution in [3.8, 4) is 0 Å². The van der Waals surface area contributed by atoms with E-state index in [0.717, 1.165) is 0 Å². The van der Waals surface area contributed by atoms with Gasteiger partial charge in [-0.3, -0.25) is 4.79 Å². The lowest BCUT2D eigenvalue weighted by atomic mass is 9.99. The highest BCUT2D eigenvalue weighted by Gasteiger charge is 2.26. The second kappa shape index (κ2) is 9.20. The van der Waals surface area contributed by atoms with Crippen molar-refractivity contribution in [2.75, 3.05) is 20.1 Å². The van der Waals surface area contributed by atoms with Gasteiger partial charge in [-0.05, 0) is 11.8 Å². The maximum Gasteiger partial charge on any atom is 0.326 e. The van der Waals surface area contributed by atoms with Crippen LogP contribution in [0.1, 0.15) is 34.1 Å². The zero-order chi connectivity index (χ0) is 16.6. The molecule has 0 aromatic carbocycles. The van der Waals surface area contributed by atoms with E-state index in [1.807, 2.05) is 20.8 Å². The van der Waals surface area contributed by atoms with E-state index >= 15 is 0 Å². The van der Waals surface area contributed by atoms with Crippen molar-refractivity contribution in [2.24, 2.45) is 11.8 Å². The van der Waals surface area contributed by atoms with E-state index in [0.29, 0.717) is 18.9 Å². The Morgan fingerprint density at radius 1 is 1.19 bits per heavy atom. The van der Waals surface area contributed by atoms with Gasteiger partial charge in [0, 0.05) is 13.6 Å². The summed E-state index contributed by atoms with van der Waals surface area (Å²) in [5, 5.41) is 14.3. The van der Waals surface area contributed by atoms with Crippen LogP contribution in [-0.2, 0) is 9.59 Å². The zero-order valence-electron chi connectivity index (χ0n) is 13.5. The number of hydrogen-bond acceptors (Lipinski definition) is 3. The molecule has 122 valence electrons. The monoisotopic (exact) mass is 301 g/mol. The predicted octanol–water partition coefficient (Wildman–Crippen LogP) is 0.899. The summed E-state index contributed by atoms with van der Waals surface area (Å²) in [5.74, 6) is -1.20. The first-order valence-corrected chi connectivity index (χ1v) is 7.20. The normalized spacial score (nSPS) is 13.4. The lowest BCUT2D eigenvalue weighted by molar-refractivity contribution is -0.140. The van der Waals surface area contributed by atoms with Crippen LogP contribution in [0.15, 0.2) is 0 Å². The molecule has 0 spiro atoms. The van der Waals surface area contributed by atoms with E-state index < -0.39 is 18.0 Å². The number of carboxylic acid groups (broad SMARTS) is 1. The molecule has 2 atom stereocenters. The van der Waals surface area contributed by atoms with Crippen LogP contribution < -0.4 is 10.6 Å². The van der Waals surface area contributed by atoms with Crippen molar-refractivity contribution >= 4 is 17.9 Å². The average Bonchev–Trinajstić information content (AvgIpc) is 2.40. The van der Waals surface area contributed by atoms with E-state index in [1.54, 1.807) is 6.92 Å². The minimum atomic E-state index is -1.07. The molecule has 1 unspecified atom stereocenters. The van der Waals surface area contributed by atoms with Gasteiger partial charge in [0.05, 0.1) is 0 Å². The number of carboxylic acids is 1. The Hall–Kier alpha value is -1.79. The highest BCUT2D eigenvalue weighted by Crippen LogP contribution is 2.08. The van der Waals surface area contributed by atoms with Crippen molar-refractivity contribution in [1.82, 2.24) is 15.5 Å². The third-order valence-electron chi connectivity index (χ3n) is 3.19. The van der Waals surface area contributed by atoms with E-state index in [-0.39, 0.29) is 18.4 Å². The standard InChI is InChI=1S/C14H27N3O4/c1-6-10(4)12(13(19)20)16-14(21)17(5)8-11(18)15-7-9(2)3/h9-10,12H,6-8H2,1-5H3,(H,15,18)(H,16,21)(H,19,20)/t10?,12-/m0/s1. The number of rotatable bonds is 8. The summed E-state index contributed by atoms with van der Waals surface area (Å²) in [7, 11) is 1.46. The summed E-state index contributed by atoms with van der Waals surface area (Å²) >= 11 is 0. The van der Waals surface area contributed by atoms with E-state index in [2.05, 4.69) is 10.6 Å². The quantitative estimate of drug-likeness (QED) is 0.620. The summed E-state index contributed by atoms with van der Waals surface area (Å²) in [4.78, 5) is 35.9. The van der Waals surface area contributed by atoms with E-state index in [9.17, 15) is 14.4 Å². The fourth-order valence-electron chi connectivity index (χ4n) is 1.59. The van der Waals surface area contributed by atoms with Crippen molar-refractivity contribution < 1.29 is 19.5 Å². The maximum atomic E-state index is 11.9. The van der Waals surface area contributed by atoms with Crippen LogP contribution in [0.5, 0.6) is 0 Å². The molecular weight excluding hydrogens is 274 g/mol. The van der Waals surface area contributed by atoms with Gasteiger partial charge in [0.15, 0.2) is 0 Å². The van der Waals surface area contributed by atoms with Gasteiger partial charge in [0.25, 0.3) is 0 Å². The Bertz CT molecular complexity index is 371. The number of likely N-dealkylation sites (N-methyl/N-ethyl adjacent to an activating group) is 1. The van der Waals surface area contributed by atoms with Crippen LogP contribution in [0.4, 0.5) is 4.79 Å². The Morgan fingerprint density at radius 3 is 2.19 bits per heavy atom. The summed E-state index contributed by atoms with van der Waals surface area (Å²) in [6.07, 6.45) is 0.635. The third-order valence-corrected chi connectivity index (χ3v) is 3.19. The minimum absolute atomic E-state index is 0.106. The Kier molecular flexibility index (Phi) is 8.42. The Balaban J connectivity index is 4.42. The van der Waals surface area contributed by atoms with Gasteiger partial charge < -0.3 is 20.6 Å². The van der Waals surface area contributed by atoms with Gasteiger partial charge in [0.2, 0.25) is 5.91 Å². The van der Waals surface area contributed by atoms with Crippen LogP contribution in [0.3, 0.4) is 0 Å². The summed E-state index contributed by atoms with van der Waals surface area (Å²) in [5.41, 5.74) is 0. The molecule has 0 fully saturated rings. The second-order valence-corrected chi connectivity index (χ2v) is 5.70. The first kappa shape index (κ1) is 19.2. The molecule has 0 radical (unpaired) electrons. The van der Waals surface area contributed by atoms with Crippen LogP contribution in [0, 0.1) is 11.8 Å². The van der Waals surface area contributed by atoms with Gasteiger partial charge >= 0.3 is 12.0 Å². The SMILES string of the molecule is CCC(C)[C@H](NC(=O)N(C)CC(=O)NCC(C)C)C(=O)O. The number of aliphatic carboxylic acids is 1. The minimum Gasteiger partial charge on any atom is -0.480 e. The molecule has 3 amide bonds. The van der Waals surface area contributed by atoms with Crippen LogP contribution >= 0.6 is 0 Å². The van der Waals surface area contributed by atoms with Crippen LogP contribution in [0.2, 0.25) is 0 Å². The summed E-state index contributed by atoms with van der Waals surface area (Å²) < 4.78 is 0. The van der Waals surface area contributed by atoms with Crippen molar-refractivity contribution in [1.29, 1.82) is 0 Å². The smallest absolute Gasteiger partial charge is 0.326 e. The first-order valence-electron chi connectivity index (χ1n) is 7.20. The van der Waals surface area contributed by atoms with E-state index in [4.69, 9.17) is 5.11 Å². The number of carbonyl (C=O) groups is 3. The first-order chi connectivity index (χ1) is 9.68. The fourth-order valence-corrected chi connectivity index (χ4v) is 1.59. The Morgan fingerprint density at radius 2 is 1.76 bits per heavy atom. The number of nitrogens with zero attached hydrogens (tertiary/aromatic N) is 1. The number of urea groups is 1. The molecule has 0 bridgehead atoms. The lowest BCUT2D eigenvalue weighted by Gasteiger charge is -2.24. The maximum absolute atomic E-state index is 11.9. The number of amides is 3. The van der Waals surface area contributed by atoms with Crippen molar-refractivity contribution in [3.05, 3.63) is 0 Å². The molecule has 0 aromatic rings. The molecule has 21 heavy (non-hydrogen) atoms. The molecule has 0 aliphatic carbocycles. The van der Waals surface area contributed by atoms with Crippen LogP contribution in [-0.4, -0.2) is 54.1 Å². The predicted molar refractivity (Wildman–Crippen MR) is 79.9 cm³/mol. The van der Waals surface area contributed by atoms with Gasteiger partial charge in [-0.25, -0.2) is 9.59 Å². The molecule has 7 heteroatoms. The molecule has 0 rings (SSSR count). The average molecular weight is 301 g/mol. The molecule has 3 N–H and O–H groups in total. The molecule has 0 aliphatic heterocycles. The molecule has 0 aliphatic rings. The highest BCUT2D eigenvalue weighted by molar-refractivity contribution is 5.86. The van der Waals surface area contributed by atoms with Crippen molar-refractivity contribution in [3.63, 3.8) is 0 Å². The molecule has 0 saturated heterocycles. The van der Waals surface area contributed by atoms with E-state index in [1.165, 1.54) is 11.9 Å². The zero-order valence-corrected chi connectivity index (χ0v) is 13.5. The Labute approximate surface area is 126 Å². The number of hydrogen-bond donors (Lipinski definition) is 3. The number of carbonyl (C=O) groups excluding carboxylic acids is 2. The van der Waals surface area contributed by atoms with Crippen molar-refractivity contribution in [2.45, 2.75) is 40.2 Å². The molecule has 0 heterocycles. The molecular formula is C14H27N3O4. The van der Waals surface area contributed by atoms with Gasteiger partial charge in [-0.15, -0.1) is 0 Å². The molecule has 0 saturated carbocycles. The largest absolute Gasteiger partial charge is 0.480 e. The summed E-state index contributed by atoms with van der Waals surface area (Å²) in [6.45, 7) is 8.00.